The smallest absolute Gasteiger partial charge is 0.297 e. The summed E-state index contributed by atoms with van der Waals surface area (Å²) in [6, 6.07) is 17.3. The number of nitro groups is 1. The van der Waals surface area contributed by atoms with Crippen LogP contribution in [0.1, 0.15) is 93.7 Å². The molecule has 4 unspecified atom stereocenters. The van der Waals surface area contributed by atoms with E-state index in [9.17, 15) is 19.7 Å². The molecule has 4 atom stereocenters. The largest absolute Gasteiger partial charge is 0.494 e. The van der Waals surface area contributed by atoms with Gasteiger partial charge in [0, 0.05) is 11.8 Å². The van der Waals surface area contributed by atoms with Gasteiger partial charge >= 0.3 is 0 Å². The summed E-state index contributed by atoms with van der Waals surface area (Å²) >= 11 is 0. The Bertz CT molecular complexity index is 1540. The lowest BCUT2D eigenvalue weighted by atomic mass is 9.54. The zero-order chi connectivity index (χ0) is 29.6. The lowest BCUT2D eigenvalue weighted by Crippen LogP contribution is -2.42. The highest BCUT2D eigenvalue weighted by molar-refractivity contribution is 6.24. The maximum atomic E-state index is 14.3. The Labute approximate surface area is 240 Å². The lowest BCUT2D eigenvalue weighted by molar-refractivity contribution is -0.384. The molecule has 4 aliphatic rings. The molecule has 7 rings (SSSR count). The standard InChI is InChI=1S/C34H36N2O5/c1-8-41-20-11-14-25(26(17-20)36(39)40)35-31(37)29-27-22-13-10-19(34(5,6)7)16-24(22)28(30(29)32(35)38)21-12-9-18(15-23(21)27)33(2,3)4/h9-17,27-30H,8H2,1-7H3. The van der Waals surface area contributed by atoms with Gasteiger partial charge in [-0.1, -0.05) is 77.9 Å². The predicted octanol–water partition coefficient (Wildman–Crippen LogP) is 6.99. The van der Waals surface area contributed by atoms with Crippen molar-refractivity contribution in [3.63, 3.8) is 0 Å². The van der Waals surface area contributed by atoms with Gasteiger partial charge in [-0.15, -0.1) is 0 Å². The van der Waals surface area contributed by atoms with E-state index in [0.717, 1.165) is 27.2 Å². The SMILES string of the molecule is CCOc1ccc(N2C(=O)C3C4c5ccc(C(C)(C)C)cc5C(c5ccc(C(C)(C)C)cc54)C3C2=O)c([N+](=O)[O-])c1. The average molecular weight is 553 g/mol. The molecule has 0 aromatic heterocycles. The van der Waals surface area contributed by atoms with Gasteiger partial charge in [-0.3, -0.25) is 19.7 Å². The normalized spacial score (nSPS) is 22.9. The molecule has 1 aliphatic heterocycles. The predicted molar refractivity (Wildman–Crippen MR) is 158 cm³/mol. The zero-order valence-corrected chi connectivity index (χ0v) is 24.6. The van der Waals surface area contributed by atoms with Crippen LogP contribution in [0.4, 0.5) is 11.4 Å². The van der Waals surface area contributed by atoms with Gasteiger partial charge in [-0.25, -0.2) is 4.90 Å². The van der Waals surface area contributed by atoms with Crippen molar-refractivity contribution >= 4 is 23.2 Å². The van der Waals surface area contributed by atoms with Crippen LogP contribution in [0.25, 0.3) is 0 Å². The molecule has 0 spiro atoms. The number of hydrogen-bond acceptors (Lipinski definition) is 5. The Kier molecular flexibility index (Phi) is 5.97. The van der Waals surface area contributed by atoms with Crippen LogP contribution in [-0.2, 0) is 20.4 Å². The summed E-state index contributed by atoms with van der Waals surface area (Å²) in [7, 11) is 0. The number of rotatable bonds is 4. The van der Waals surface area contributed by atoms with Gasteiger partial charge in [0.2, 0.25) is 11.8 Å². The van der Waals surface area contributed by atoms with Gasteiger partial charge in [0.25, 0.3) is 5.69 Å². The third-order valence-electron chi connectivity index (χ3n) is 9.06. The minimum absolute atomic E-state index is 0.00104. The zero-order valence-electron chi connectivity index (χ0n) is 24.6. The number of ether oxygens (including phenoxy) is 1. The lowest BCUT2D eigenvalue weighted by Gasteiger charge is -2.47. The highest BCUT2D eigenvalue weighted by Gasteiger charge is 2.62. The first kappa shape index (κ1) is 27.2. The second-order valence-electron chi connectivity index (χ2n) is 13.5. The number of anilines is 1. The Morgan fingerprint density at radius 1 is 0.756 bits per heavy atom. The summed E-state index contributed by atoms with van der Waals surface area (Å²) in [5.74, 6) is -2.31. The second-order valence-corrected chi connectivity index (χ2v) is 13.5. The molecule has 2 amide bonds. The average Bonchev–Trinajstić information content (AvgIpc) is 3.17. The molecule has 0 radical (unpaired) electrons. The molecule has 1 saturated heterocycles. The Morgan fingerprint density at radius 2 is 1.24 bits per heavy atom. The van der Waals surface area contributed by atoms with Gasteiger partial charge < -0.3 is 4.74 Å². The van der Waals surface area contributed by atoms with Crippen LogP contribution >= 0.6 is 0 Å². The van der Waals surface area contributed by atoms with Crippen molar-refractivity contribution in [3.05, 3.63) is 98.1 Å². The molecule has 0 saturated carbocycles. The van der Waals surface area contributed by atoms with Crippen LogP contribution in [0, 0.1) is 22.0 Å². The first-order valence-electron chi connectivity index (χ1n) is 14.3. The monoisotopic (exact) mass is 552 g/mol. The summed E-state index contributed by atoms with van der Waals surface area (Å²) in [5.41, 5.74) is 6.17. The molecule has 0 N–H and O–H groups in total. The Hall–Kier alpha value is -4.00. The van der Waals surface area contributed by atoms with E-state index in [-0.39, 0.29) is 45.9 Å². The van der Waals surface area contributed by atoms with Crippen LogP contribution in [0.2, 0.25) is 0 Å². The van der Waals surface area contributed by atoms with E-state index < -0.39 is 16.8 Å². The number of imide groups is 1. The van der Waals surface area contributed by atoms with Gasteiger partial charge in [0.1, 0.15) is 11.4 Å². The van der Waals surface area contributed by atoms with Crippen LogP contribution in [0.3, 0.4) is 0 Å². The molecule has 7 heteroatoms. The maximum absolute atomic E-state index is 14.3. The van der Waals surface area contributed by atoms with Gasteiger partial charge in [0.05, 0.1) is 29.4 Å². The van der Waals surface area contributed by atoms with Crippen LogP contribution in [0.15, 0.2) is 54.6 Å². The van der Waals surface area contributed by atoms with Gasteiger partial charge in [-0.05, 0) is 63.3 Å². The van der Waals surface area contributed by atoms with Crippen molar-refractivity contribution < 1.29 is 19.2 Å². The number of amides is 2. The molecule has 1 fully saturated rings. The molecule has 3 aromatic rings. The van der Waals surface area contributed by atoms with E-state index in [1.165, 1.54) is 23.3 Å². The minimum Gasteiger partial charge on any atom is -0.494 e. The summed E-state index contributed by atoms with van der Waals surface area (Å²) in [6.45, 7) is 15.1. The summed E-state index contributed by atoms with van der Waals surface area (Å²) < 4.78 is 5.48. The third-order valence-corrected chi connectivity index (χ3v) is 9.06. The molecular weight excluding hydrogens is 516 g/mol. The number of carbonyl (C=O) groups excluding carboxylic acids is 2. The number of hydrogen-bond donors (Lipinski definition) is 0. The first-order valence-corrected chi connectivity index (χ1v) is 14.3. The molecule has 2 bridgehead atoms. The molecule has 41 heavy (non-hydrogen) atoms. The summed E-state index contributed by atoms with van der Waals surface area (Å²) in [5, 5.41) is 12.1. The highest BCUT2D eigenvalue weighted by Crippen LogP contribution is 2.62. The number of benzene rings is 3. The third kappa shape index (κ3) is 4.00. The van der Waals surface area contributed by atoms with Gasteiger partial charge in [-0.2, -0.15) is 0 Å². The van der Waals surface area contributed by atoms with E-state index in [1.54, 1.807) is 13.0 Å². The van der Waals surface area contributed by atoms with E-state index in [2.05, 4.69) is 77.9 Å². The molecule has 212 valence electrons. The van der Waals surface area contributed by atoms with Crippen LogP contribution in [0.5, 0.6) is 5.75 Å². The number of nitro benzene ring substituents is 1. The first-order chi connectivity index (χ1) is 19.2. The van der Waals surface area contributed by atoms with Crippen molar-refractivity contribution in [2.45, 2.75) is 71.1 Å². The van der Waals surface area contributed by atoms with Crippen molar-refractivity contribution in [2.24, 2.45) is 11.8 Å². The van der Waals surface area contributed by atoms with E-state index in [0.29, 0.717) is 12.4 Å². The summed E-state index contributed by atoms with van der Waals surface area (Å²) in [4.78, 5) is 41.3. The van der Waals surface area contributed by atoms with E-state index in [4.69, 9.17) is 4.74 Å². The number of carbonyl (C=O) groups is 2. The summed E-state index contributed by atoms with van der Waals surface area (Å²) in [6.07, 6.45) is 0. The van der Waals surface area contributed by atoms with Gasteiger partial charge in [0.15, 0.2) is 0 Å². The minimum atomic E-state index is -0.630. The highest BCUT2D eigenvalue weighted by atomic mass is 16.6. The molecule has 1 heterocycles. The van der Waals surface area contributed by atoms with Crippen LogP contribution in [-0.4, -0.2) is 23.3 Å². The Balaban J connectivity index is 1.55. The van der Waals surface area contributed by atoms with Crippen LogP contribution < -0.4 is 9.64 Å². The number of nitrogens with zero attached hydrogens (tertiary/aromatic N) is 2. The molecule has 3 aromatic carbocycles. The van der Waals surface area contributed by atoms with E-state index in [1.807, 2.05) is 0 Å². The topological polar surface area (TPSA) is 89.8 Å². The second kappa shape index (κ2) is 9.00. The Morgan fingerprint density at radius 3 is 1.66 bits per heavy atom. The molecular formula is C34H36N2O5. The fourth-order valence-electron chi connectivity index (χ4n) is 7.04. The van der Waals surface area contributed by atoms with Crippen molar-refractivity contribution in [1.29, 1.82) is 0 Å². The fraction of sp³-hybridized carbons (Fsp3) is 0.412. The van der Waals surface area contributed by atoms with Crippen molar-refractivity contribution in [3.8, 4) is 5.75 Å². The fourth-order valence-corrected chi connectivity index (χ4v) is 7.04. The van der Waals surface area contributed by atoms with Crippen molar-refractivity contribution in [1.82, 2.24) is 0 Å². The van der Waals surface area contributed by atoms with E-state index >= 15 is 0 Å². The van der Waals surface area contributed by atoms with Crippen molar-refractivity contribution in [2.75, 3.05) is 11.5 Å². The molecule has 7 nitrogen and oxygen atoms in total. The quantitative estimate of drug-likeness (QED) is 0.198. The maximum Gasteiger partial charge on any atom is 0.297 e. The molecule has 3 aliphatic carbocycles.